The lowest BCUT2D eigenvalue weighted by Gasteiger charge is -2.38. The number of carbonyl (C=O) groups excluding carboxylic acids is 1. The maximum absolute atomic E-state index is 13.2. The molecule has 0 heterocycles. The molecule has 0 saturated carbocycles. The minimum absolute atomic E-state index is 0.0543. The van der Waals surface area contributed by atoms with E-state index in [0.717, 1.165) is 5.56 Å². The van der Waals surface area contributed by atoms with Crippen LogP contribution in [0.2, 0.25) is 0 Å². The zero-order chi connectivity index (χ0) is 22.0. The van der Waals surface area contributed by atoms with Crippen molar-refractivity contribution in [2.75, 3.05) is 5.88 Å². The summed E-state index contributed by atoms with van der Waals surface area (Å²) in [6.07, 6.45) is -0.582. The number of halogens is 1. The standard InChI is InChI=1S/C19H27ClNO4PS3/c1-13(2)28-19(26-27,29-14(3)4)21(16(10-11-20)17(22)23)18(24)25-12-15-8-6-5-7-9-15/h5-9,13-14,16H,10-12H2,1-4H3,(H,22,23)/p+1. The number of amides is 1. The highest BCUT2D eigenvalue weighted by molar-refractivity contribution is 8.27. The number of aliphatic carboxylic acids is 1. The van der Waals surface area contributed by atoms with Gasteiger partial charge in [-0.15, -0.1) is 11.6 Å². The molecule has 29 heavy (non-hydrogen) atoms. The average Bonchev–Trinajstić information content (AvgIpc) is 2.65. The van der Waals surface area contributed by atoms with Gasteiger partial charge >= 0.3 is 16.0 Å². The SMILES string of the molecule is CC(C)SC([PH+]=S)(SC(C)C)N(C(=O)OCc1ccccc1)C(CCCl)C(=O)O. The lowest BCUT2D eigenvalue weighted by atomic mass is 10.2. The molecule has 0 fully saturated rings. The van der Waals surface area contributed by atoms with Crippen LogP contribution in [0.15, 0.2) is 30.3 Å². The highest BCUT2D eigenvalue weighted by Crippen LogP contribution is 2.53. The number of ether oxygens (including phenoxy) is 1. The first-order valence-electron chi connectivity index (χ1n) is 9.20. The number of thioether (sulfide) groups is 2. The maximum atomic E-state index is 13.2. The first kappa shape index (κ1) is 26.5. The molecule has 1 aromatic rings. The van der Waals surface area contributed by atoms with Gasteiger partial charge in [0.25, 0.3) is 0 Å². The summed E-state index contributed by atoms with van der Waals surface area (Å²) in [6, 6.07) is 8.15. The van der Waals surface area contributed by atoms with Crippen molar-refractivity contribution in [1.82, 2.24) is 4.90 Å². The van der Waals surface area contributed by atoms with Gasteiger partial charge in [-0.1, -0.05) is 81.6 Å². The summed E-state index contributed by atoms with van der Waals surface area (Å²) in [6.45, 7) is 8.06. The van der Waals surface area contributed by atoms with E-state index in [1.165, 1.54) is 28.4 Å². The Bertz CT molecular complexity index is 669. The topological polar surface area (TPSA) is 66.8 Å². The Morgan fingerprint density at radius 1 is 1.21 bits per heavy atom. The largest absolute Gasteiger partial charge is 0.480 e. The molecule has 2 unspecified atom stereocenters. The van der Waals surface area contributed by atoms with Crippen LogP contribution >= 0.6 is 42.5 Å². The molecular formula is C19H28ClNO4PS3+. The Labute approximate surface area is 193 Å². The van der Waals surface area contributed by atoms with Crippen LogP contribution < -0.4 is 0 Å². The Balaban J connectivity index is 3.35. The third-order valence-corrected chi connectivity index (χ3v) is 9.87. The summed E-state index contributed by atoms with van der Waals surface area (Å²) >= 11 is 14.4. The average molecular weight is 497 g/mol. The number of hydrogen-bond acceptors (Lipinski definition) is 6. The van der Waals surface area contributed by atoms with Gasteiger partial charge in [-0.2, -0.15) is 0 Å². The highest BCUT2D eigenvalue weighted by atomic mass is 35.5. The maximum Gasteiger partial charge on any atom is 0.415 e. The molecule has 0 aliphatic heterocycles. The summed E-state index contributed by atoms with van der Waals surface area (Å²) in [5.74, 6) is -1.01. The highest BCUT2D eigenvalue weighted by Gasteiger charge is 2.54. The predicted octanol–water partition coefficient (Wildman–Crippen LogP) is 5.74. The van der Waals surface area contributed by atoms with Gasteiger partial charge in [0.1, 0.15) is 12.6 Å². The molecule has 0 aliphatic carbocycles. The van der Waals surface area contributed by atoms with Gasteiger partial charge in [-0.05, 0) is 12.0 Å². The van der Waals surface area contributed by atoms with Gasteiger partial charge in [0, 0.05) is 16.4 Å². The van der Waals surface area contributed by atoms with Crippen LogP contribution in [0.4, 0.5) is 4.79 Å². The summed E-state index contributed by atoms with van der Waals surface area (Å²) in [4.78, 5) is 26.6. The molecule has 1 amide bonds. The van der Waals surface area contributed by atoms with Crippen LogP contribution in [0.3, 0.4) is 0 Å². The second kappa shape index (κ2) is 13.0. The molecule has 1 aromatic carbocycles. The zero-order valence-electron chi connectivity index (χ0n) is 17.0. The Hall–Kier alpha value is -0.530. The summed E-state index contributed by atoms with van der Waals surface area (Å²) in [7, 11) is -0.133. The van der Waals surface area contributed by atoms with Gasteiger partial charge < -0.3 is 9.84 Å². The second-order valence-electron chi connectivity index (χ2n) is 6.76. The molecule has 0 aromatic heterocycles. The Morgan fingerprint density at radius 2 is 1.76 bits per heavy atom. The third-order valence-electron chi connectivity index (χ3n) is 3.62. The van der Waals surface area contributed by atoms with Crippen molar-refractivity contribution >= 4 is 66.4 Å². The molecule has 0 bridgehead atoms. The fraction of sp³-hybridized carbons (Fsp3) is 0.579. The molecule has 0 spiro atoms. The van der Waals surface area contributed by atoms with Crippen LogP contribution in [0.25, 0.3) is 0 Å². The number of nitrogens with zero attached hydrogens (tertiary/aromatic N) is 1. The van der Waals surface area contributed by atoms with E-state index in [9.17, 15) is 14.7 Å². The number of carboxylic acids is 1. The van der Waals surface area contributed by atoms with Gasteiger partial charge in [0.05, 0.1) is 0 Å². The Morgan fingerprint density at radius 3 is 2.17 bits per heavy atom. The minimum Gasteiger partial charge on any atom is -0.480 e. The van der Waals surface area contributed by atoms with Gasteiger partial charge in [-0.3, -0.25) is 0 Å². The minimum atomic E-state index is -1.12. The smallest absolute Gasteiger partial charge is 0.415 e. The van der Waals surface area contributed by atoms with E-state index in [-0.39, 0.29) is 36.8 Å². The van der Waals surface area contributed by atoms with Crippen LogP contribution in [0, 0.1) is 0 Å². The zero-order valence-corrected chi connectivity index (χ0v) is 21.2. The van der Waals surface area contributed by atoms with Crippen molar-refractivity contribution in [3.63, 3.8) is 0 Å². The van der Waals surface area contributed by atoms with E-state index in [1.54, 1.807) is 0 Å². The summed E-state index contributed by atoms with van der Waals surface area (Å²) < 4.78 is 4.62. The first-order valence-corrected chi connectivity index (χ1v) is 13.6. The fourth-order valence-corrected chi connectivity index (χ4v) is 9.38. The molecule has 5 nitrogen and oxygen atoms in total. The molecule has 10 heteroatoms. The van der Waals surface area contributed by atoms with Gasteiger partial charge in [0.2, 0.25) is 7.36 Å². The van der Waals surface area contributed by atoms with Crippen molar-refractivity contribution in [2.45, 2.75) is 61.2 Å². The van der Waals surface area contributed by atoms with Crippen LogP contribution in [0.5, 0.6) is 0 Å². The second-order valence-corrected chi connectivity index (χ2v) is 13.2. The predicted molar refractivity (Wildman–Crippen MR) is 129 cm³/mol. The first-order chi connectivity index (χ1) is 13.7. The van der Waals surface area contributed by atoms with E-state index < -0.39 is 22.0 Å². The normalized spacial score (nSPS) is 12.9. The number of hydrogen-bond donors (Lipinski definition) is 1. The van der Waals surface area contributed by atoms with Crippen LogP contribution in [-0.4, -0.2) is 48.4 Å². The molecule has 1 rings (SSSR count). The quantitative estimate of drug-likeness (QED) is 0.225. The van der Waals surface area contributed by atoms with Gasteiger partial charge in [0.15, 0.2) is 11.8 Å². The summed E-state index contributed by atoms with van der Waals surface area (Å²) in [5, 5.41) is 10.1. The van der Waals surface area contributed by atoms with Crippen molar-refractivity contribution in [1.29, 1.82) is 0 Å². The van der Waals surface area contributed by atoms with Crippen molar-refractivity contribution < 1.29 is 19.4 Å². The van der Waals surface area contributed by atoms with Gasteiger partial charge in [-0.25, -0.2) is 14.5 Å². The lowest BCUT2D eigenvalue weighted by Crippen LogP contribution is -2.54. The number of rotatable bonds is 12. The van der Waals surface area contributed by atoms with Crippen molar-refractivity contribution in [3.05, 3.63) is 35.9 Å². The lowest BCUT2D eigenvalue weighted by molar-refractivity contribution is -0.142. The summed E-state index contributed by atoms with van der Waals surface area (Å²) in [5.41, 5.74) is 0.824. The number of benzene rings is 1. The molecule has 162 valence electrons. The van der Waals surface area contributed by atoms with Crippen molar-refractivity contribution in [3.8, 4) is 0 Å². The monoisotopic (exact) mass is 496 g/mol. The van der Waals surface area contributed by atoms with E-state index in [1.807, 2.05) is 58.0 Å². The molecule has 1 N–H and O–H groups in total. The van der Waals surface area contributed by atoms with E-state index in [0.29, 0.717) is 0 Å². The van der Waals surface area contributed by atoms with E-state index in [2.05, 4.69) is 0 Å². The number of carbonyl (C=O) groups is 2. The number of carboxylic acid groups (broad SMARTS) is 1. The molecule has 0 radical (unpaired) electrons. The van der Waals surface area contributed by atoms with Crippen molar-refractivity contribution in [2.24, 2.45) is 0 Å². The molecular weight excluding hydrogens is 469 g/mol. The fourth-order valence-electron chi connectivity index (χ4n) is 2.59. The molecule has 2 atom stereocenters. The number of alkyl halides is 1. The third kappa shape index (κ3) is 8.25. The van der Waals surface area contributed by atoms with Crippen LogP contribution in [0.1, 0.15) is 39.7 Å². The molecule has 0 aliphatic rings. The van der Waals surface area contributed by atoms with E-state index in [4.69, 9.17) is 28.1 Å². The van der Waals surface area contributed by atoms with Crippen LogP contribution in [-0.2, 0) is 27.9 Å². The molecule has 0 saturated heterocycles. The Kier molecular flexibility index (Phi) is 11.9. The van der Waals surface area contributed by atoms with E-state index >= 15 is 0 Å².